The van der Waals surface area contributed by atoms with E-state index in [1.807, 2.05) is 0 Å². The number of hydrogen-bond donors (Lipinski definition) is 0. The second kappa shape index (κ2) is 2.55. The first-order valence-corrected chi connectivity index (χ1v) is 3.53. The average Bonchev–Trinajstić information content (AvgIpc) is 2.07. The van der Waals surface area contributed by atoms with Gasteiger partial charge in [0.1, 0.15) is 11.6 Å². The number of rotatable bonds is 0. The Morgan fingerprint density at radius 2 is 1.92 bits per heavy atom. The first-order chi connectivity index (χ1) is 5.77. The van der Waals surface area contributed by atoms with Crippen molar-refractivity contribution in [3.63, 3.8) is 0 Å². The fraction of sp³-hybridized carbons (Fsp3) is 0. The molecule has 0 atom stereocenters. The molecule has 0 unspecified atom stereocenters. The van der Waals surface area contributed by atoms with Crippen LogP contribution in [0.15, 0.2) is 30.3 Å². The minimum Gasteiger partial charge on any atom is -0.207 e. The van der Waals surface area contributed by atoms with Crippen LogP contribution in [0.5, 0.6) is 0 Å². The largest absolute Gasteiger partial charge is 0.207 e. The highest BCUT2D eigenvalue weighted by molar-refractivity contribution is 5.82. The molecule has 0 bridgehead atoms. The molecule has 0 saturated carbocycles. The van der Waals surface area contributed by atoms with Crippen LogP contribution in [0, 0.1) is 17.7 Å². The molecule has 0 spiro atoms. The van der Waals surface area contributed by atoms with Crippen molar-refractivity contribution in [1.82, 2.24) is 0 Å². The van der Waals surface area contributed by atoms with E-state index in [0.717, 1.165) is 0 Å². The molecule has 1 radical (unpaired) electrons. The van der Waals surface area contributed by atoms with Crippen LogP contribution in [-0.2, 0) is 0 Å². The molecule has 0 amide bonds. The number of halogens is 2. The summed E-state index contributed by atoms with van der Waals surface area (Å²) in [4.78, 5) is 0. The summed E-state index contributed by atoms with van der Waals surface area (Å²) in [6.45, 7) is 0. The molecular weight excluding hydrogens is 158 g/mol. The molecule has 0 aromatic heterocycles. The summed E-state index contributed by atoms with van der Waals surface area (Å²) in [6.07, 6.45) is 0. The van der Waals surface area contributed by atoms with Crippen molar-refractivity contribution in [2.45, 2.75) is 0 Å². The van der Waals surface area contributed by atoms with Gasteiger partial charge in [0.15, 0.2) is 0 Å². The van der Waals surface area contributed by atoms with Gasteiger partial charge in [-0.05, 0) is 29.7 Å². The zero-order chi connectivity index (χ0) is 8.55. The fourth-order valence-electron chi connectivity index (χ4n) is 1.13. The lowest BCUT2D eigenvalue weighted by Crippen LogP contribution is -1.80. The van der Waals surface area contributed by atoms with Crippen LogP contribution in [-0.4, -0.2) is 0 Å². The molecule has 12 heavy (non-hydrogen) atoms. The van der Waals surface area contributed by atoms with E-state index in [1.165, 1.54) is 30.3 Å². The minimum absolute atomic E-state index is 0.275. The summed E-state index contributed by atoms with van der Waals surface area (Å²) < 4.78 is 25.6. The summed E-state index contributed by atoms with van der Waals surface area (Å²) in [5, 5.41) is 0.869. The Morgan fingerprint density at radius 1 is 1.08 bits per heavy atom. The van der Waals surface area contributed by atoms with Crippen LogP contribution in [0.1, 0.15) is 0 Å². The second-order valence-electron chi connectivity index (χ2n) is 2.52. The molecule has 0 N–H and O–H groups in total. The van der Waals surface area contributed by atoms with Gasteiger partial charge in [-0.15, -0.1) is 0 Å². The molecule has 0 aliphatic heterocycles. The van der Waals surface area contributed by atoms with Crippen molar-refractivity contribution in [1.29, 1.82) is 0 Å². The number of benzene rings is 2. The van der Waals surface area contributed by atoms with Crippen LogP contribution in [0.2, 0.25) is 0 Å². The predicted octanol–water partition coefficient (Wildman–Crippen LogP) is 2.92. The fourth-order valence-corrected chi connectivity index (χ4v) is 1.13. The van der Waals surface area contributed by atoms with Crippen molar-refractivity contribution < 1.29 is 8.78 Å². The van der Waals surface area contributed by atoms with Crippen LogP contribution in [0.4, 0.5) is 8.78 Å². The SMILES string of the molecule is Fc1ccc2[c]ccc(F)c2c1. The van der Waals surface area contributed by atoms with E-state index in [1.54, 1.807) is 0 Å². The van der Waals surface area contributed by atoms with Gasteiger partial charge < -0.3 is 0 Å². The van der Waals surface area contributed by atoms with E-state index in [0.29, 0.717) is 5.39 Å². The Kier molecular flexibility index (Phi) is 1.54. The molecule has 2 rings (SSSR count). The van der Waals surface area contributed by atoms with Crippen LogP contribution >= 0.6 is 0 Å². The Balaban J connectivity index is 2.88. The first-order valence-electron chi connectivity index (χ1n) is 3.53. The maximum atomic E-state index is 13.0. The molecule has 0 fully saturated rings. The lowest BCUT2D eigenvalue weighted by atomic mass is 10.1. The summed E-state index contributed by atoms with van der Waals surface area (Å²) in [7, 11) is 0. The van der Waals surface area contributed by atoms with Crippen LogP contribution in [0.3, 0.4) is 0 Å². The highest BCUT2D eigenvalue weighted by Gasteiger charge is 2.00. The predicted molar refractivity (Wildman–Crippen MR) is 42.7 cm³/mol. The summed E-state index contributed by atoms with van der Waals surface area (Å²) in [6, 6.07) is 9.53. The summed E-state index contributed by atoms with van der Waals surface area (Å²) >= 11 is 0. The van der Waals surface area contributed by atoms with Gasteiger partial charge in [-0.2, -0.15) is 0 Å². The third-order valence-electron chi connectivity index (χ3n) is 1.71. The molecule has 0 aliphatic carbocycles. The highest BCUT2D eigenvalue weighted by atomic mass is 19.1. The Bertz CT molecular complexity index is 421. The number of fused-ring (bicyclic) bond motifs is 1. The highest BCUT2D eigenvalue weighted by Crippen LogP contribution is 2.17. The van der Waals surface area contributed by atoms with Crippen molar-refractivity contribution in [3.8, 4) is 0 Å². The van der Waals surface area contributed by atoms with Gasteiger partial charge >= 0.3 is 0 Å². The normalized spacial score (nSPS) is 10.5. The topological polar surface area (TPSA) is 0 Å². The molecule has 0 heterocycles. The third-order valence-corrected chi connectivity index (χ3v) is 1.71. The van der Waals surface area contributed by atoms with E-state index in [-0.39, 0.29) is 5.39 Å². The van der Waals surface area contributed by atoms with Crippen LogP contribution < -0.4 is 0 Å². The molecule has 0 aliphatic rings. The molecule has 2 aromatic rings. The Morgan fingerprint density at radius 3 is 2.75 bits per heavy atom. The summed E-state index contributed by atoms with van der Waals surface area (Å²) in [5.41, 5.74) is 0. The van der Waals surface area contributed by atoms with Gasteiger partial charge in [-0.1, -0.05) is 12.1 Å². The zero-order valence-electron chi connectivity index (χ0n) is 6.14. The monoisotopic (exact) mass is 163 g/mol. The van der Waals surface area contributed by atoms with E-state index in [4.69, 9.17) is 0 Å². The van der Waals surface area contributed by atoms with Crippen molar-refractivity contribution in [2.24, 2.45) is 0 Å². The molecule has 0 saturated heterocycles. The summed E-state index contributed by atoms with van der Waals surface area (Å²) in [5.74, 6) is -0.843. The number of hydrogen-bond acceptors (Lipinski definition) is 0. The molecule has 59 valence electrons. The average molecular weight is 163 g/mol. The van der Waals surface area contributed by atoms with E-state index >= 15 is 0 Å². The third kappa shape index (κ3) is 1.05. The smallest absolute Gasteiger partial charge is 0.131 e. The Labute approximate surface area is 68.4 Å². The van der Waals surface area contributed by atoms with Gasteiger partial charge in [-0.25, -0.2) is 8.78 Å². The molecular formula is C10H5F2. The van der Waals surface area contributed by atoms with Crippen LogP contribution in [0.25, 0.3) is 10.8 Å². The van der Waals surface area contributed by atoms with E-state index in [9.17, 15) is 8.78 Å². The maximum absolute atomic E-state index is 13.0. The second-order valence-corrected chi connectivity index (χ2v) is 2.52. The van der Waals surface area contributed by atoms with Gasteiger partial charge in [0.2, 0.25) is 0 Å². The minimum atomic E-state index is -0.430. The molecule has 2 heteroatoms. The maximum Gasteiger partial charge on any atom is 0.131 e. The van der Waals surface area contributed by atoms with Crippen molar-refractivity contribution in [3.05, 3.63) is 48.0 Å². The zero-order valence-corrected chi connectivity index (χ0v) is 6.14. The Hall–Kier alpha value is -1.44. The quantitative estimate of drug-likeness (QED) is 0.560. The van der Waals surface area contributed by atoms with Gasteiger partial charge in [0.05, 0.1) is 0 Å². The van der Waals surface area contributed by atoms with Gasteiger partial charge in [0.25, 0.3) is 0 Å². The van der Waals surface area contributed by atoms with Crippen molar-refractivity contribution >= 4 is 10.8 Å². The van der Waals surface area contributed by atoms with E-state index < -0.39 is 11.6 Å². The van der Waals surface area contributed by atoms with Crippen molar-refractivity contribution in [2.75, 3.05) is 0 Å². The van der Waals surface area contributed by atoms with Gasteiger partial charge in [0, 0.05) is 5.39 Å². The molecule has 2 aromatic carbocycles. The molecule has 0 nitrogen and oxygen atoms in total. The van der Waals surface area contributed by atoms with Gasteiger partial charge in [-0.3, -0.25) is 0 Å². The lowest BCUT2D eigenvalue weighted by Gasteiger charge is -1.97. The lowest BCUT2D eigenvalue weighted by molar-refractivity contribution is 0.621. The van der Waals surface area contributed by atoms with E-state index in [2.05, 4.69) is 6.07 Å². The first kappa shape index (κ1) is 7.22. The standard InChI is InChI=1S/C10H5F2/c11-8-5-4-7-2-1-3-10(12)9(7)6-8/h1,3-6H.